The van der Waals surface area contributed by atoms with E-state index in [0.717, 1.165) is 22.3 Å². The van der Waals surface area contributed by atoms with Crippen molar-refractivity contribution in [2.75, 3.05) is 20.3 Å². The van der Waals surface area contributed by atoms with E-state index in [9.17, 15) is 19.5 Å². The van der Waals surface area contributed by atoms with Crippen molar-refractivity contribution in [3.05, 3.63) is 59.7 Å². The first-order valence-corrected chi connectivity index (χ1v) is 11.5. The van der Waals surface area contributed by atoms with E-state index in [1.807, 2.05) is 50.2 Å². The number of nitrogens with one attached hydrogen (secondary N) is 2. The third-order valence-corrected chi connectivity index (χ3v) is 5.93. The maximum absolute atomic E-state index is 12.8. The molecule has 0 saturated heterocycles. The molecule has 0 spiro atoms. The molecule has 3 rings (SSSR count). The summed E-state index contributed by atoms with van der Waals surface area (Å²) >= 11 is 0. The molecule has 182 valence electrons. The van der Waals surface area contributed by atoms with Crippen LogP contribution < -0.4 is 10.6 Å². The number of benzene rings is 2. The summed E-state index contributed by atoms with van der Waals surface area (Å²) in [5.41, 5.74) is 4.43. The van der Waals surface area contributed by atoms with Crippen LogP contribution in [-0.4, -0.2) is 55.5 Å². The van der Waals surface area contributed by atoms with Gasteiger partial charge in [0.25, 0.3) is 0 Å². The van der Waals surface area contributed by atoms with Crippen molar-refractivity contribution in [3.8, 4) is 11.1 Å². The molecule has 2 aromatic rings. The number of aliphatic carboxylic acids is 1. The number of fused-ring (bicyclic) bond motifs is 3. The molecule has 0 fully saturated rings. The Bertz CT molecular complexity index is 976. The number of hydrogen-bond acceptors (Lipinski definition) is 5. The van der Waals surface area contributed by atoms with Gasteiger partial charge in [-0.05, 0) is 41.0 Å². The normalized spacial score (nSPS) is 14.1. The first-order chi connectivity index (χ1) is 16.3. The average Bonchev–Trinajstić information content (AvgIpc) is 3.13. The van der Waals surface area contributed by atoms with Crippen molar-refractivity contribution in [3.63, 3.8) is 0 Å². The fraction of sp³-hybridized carbons (Fsp3) is 0.423. The summed E-state index contributed by atoms with van der Waals surface area (Å²) in [4.78, 5) is 36.8. The third kappa shape index (κ3) is 6.14. The van der Waals surface area contributed by atoms with Gasteiger partial charge in [-0.1, -0.05) is 62.4 Å². The van der Waals surface area contributed by atoms with Crippen LogP contribution in [0.5, 0.6) is 0 Å². The second-order valence-corrected chi connectivity index (χ2v) is 8.85. The average molecular weight is 469 g/mol. The predicted molar refractivity (Wildman–Crippen MR) is 128 cm³/mol. The molecule has 34 heavy (non-hydrogen) atoms. The van der Waals surface area contributed by atoms with Gasteiger partial charge in [0.1, 0.15) is 12.6 Å². The lowest BCUT2D eigenvalue weighted by atomic mass is 9.98. The van der Waals surface area contributed by atoms with Crippen molar-refractivity contribution in [2.45, 2.75) is 44.7 Å². The molecule has 0 heterocycles. The highest BCUT2D eigenvalue weighted by Gasteiger charge is 2.30. The minimum Gasteiger partial charge on any atom is -0.480 e. The first-order valence-electron chi connectivity index (χ1n) is 11.5. The van der Waals surface area contributed by atoms with Crippen molar-refractivity contribution in [1.29, 1.82) is 0 Å². The third-order valence-electron chi connectivity index (χ3n) is 5.93. The van der Waals surface area contributed by atoms with Gasteiger partial charge in [0.05, 0.1) is 6.61 Å². The predicted octanol–water partition coefficient (Wildman–Crippen LogP) is 3.55. The Morgan fingerprint density at radius 1 is 0.912 bits per heavy atom. The molecular weight excluding hydrogens is 436 g/mol. The molecule has 2 atom stereocenters. The van der Waals surface area contributed by atoms with Crippen molar-refractivity contribution < 1.29 is 29.0 Å². The number of methoxy groups -OCH3 is 1. The summed E-state index contributed by atoms with van der Waals surface area (Å²) in [5, 5.41) is 14.4. The molecule has 0 bridgehead atoms. The van der Waals surface area contributed by atoms with E-state index in [2.05, 4.69) is 22.8 Å². The summed E-state index contributed by atoms with van der Waals surface area (Å²) in [5.74, 6) is -1.59. The van der Waals surface area contributed by atoms with Gasteiger partial charge in [0.2, 0.25) is 5.91 Å². The minimum atomic E-state index is -1.21. The number of carboxylic acids is 1. The number of hydrogen-bond donors (Lipinski definition) is 3. The van der Waals surface area contributed by atoms with E-state index in [4.69, 9.17) is 9.47 Å². The van der Waals surface area contributed by atoms with Gasteiger partial charge in [0, 0.05) is 13.0 Å². The fourth-order valence-electron chi connectivity index (χ4n) is 4.16. The van der Waals surface area contributed by atoms with E-state index >= 15 is 0 Å². The molecule has 1 aliphatic rings. The maximum Gasteiger partial charge on any atom is 0.407 e. The van der Waals surface area contributed by atoms with E-state index in [1.165, 1.54) is 7.11 Å². The van der Waals surface area contributed by atoms with Crippen LogP contribution in [0.15, 0.2) is 48.5 Å². The SMILES string of the molecule is COC[C@H](NC(=O)C(CCC(C)C)NC(=O)OCC1c2ccccc2-c2ccccc21)C(=O)O. The molecule has 0 radical (unpaired) electrons. The lowest BCUT2D eigenvalue weighted by Gasteiger charge is -2.22. The highest BCUT2D eigenvalue weighted by atomic mass is 16.5. The van der Waals surface area contributed by atoms with Crippen LogP contribution in [-0.2, 0) is 19.1 Å². The molecule has 0 aromatic heterocycles. The largest absolute Gasteiger partial charge is 0.480 e. The zero-order valence-corrected chi connectivity index (χ0v) is 19.7. The summed E-state index contributed by atoms with van der Waals surface area (Å²) in [6.07, 6.45) is 0.306. The smallest absolute Gasteiger partial charge is 0.407 e. The van der Waals surface area contributed by atoms with Crippen LogP contribution >= 0.6 is 0 Å². The van der Waals surface area contributed by atoms with Gasteiger partial charge in [-0.25, -0.2) is 9.59 Å². The van der Waals surface area contributed by atoms with Crippen molar-refractivity contribution >= 4 is 18.0 Å². The van der Waals surface area contributed by atoms with Crippen molar-refractivity contribution in [2.24, 2.45) is 5.92 Å². The fourth-order valence-corrected chi connectivity index (χ4v) is 4.16. The van der Waals surface area contributed by atoms with E-state index < -0.39 is 30.1 Å². The van der Waals surface area contributed by atoms with Crippen LogP contribution in [0.4, 0.5) is 4.79 Å². The molecule has 1 unspecified atom stereocenters. The monoisotopic (exact) mass is 468 g/mol. The van der Waals surface area contributed by atoms with Crippen LogP contribution in [0, 0.1) is 5.92 Å². The van der Waals surface area contributed by atoms with E-state index in [0.29, 0.717) is 18.8 Å². The number of ether oxygens (including phenoxy) is 2. The first kappa shape index (κ1) is 25.2. The lowest BCUT2D eigenvalue weighted by molar-refractivity contribution is -0.143. The Labute approximate surface area is 199 Å². The van der Waals surface area contributed by atoms with Gasteiger partial charge >= 0.3 is 12.1 Å². The molecule has 2 amide bonds. The zero-order valence-electron chi connectivity index (χ0n) is 19.7. The number of rotatable bonds is 11. The topological polar surface area (TPSA) is 114 Å². The molecule has 2 aromatic carbocycles. The molecule has 0 aliphatic heterocycles. The highest BCUT2D eigenvalue weighted by molar-refractivity contribution is 5.89. The number of carbonyl (C=O) groups is 3. The summed E-state index contributed by atoms with van der Waals surface area (Å²) in [6, 6.07) is 13.9. The van der Waals surface area contributed by atoms with E-state index in [1.54, 1.807) is 0 Å². The molecular formula is C26H32N2O6. The van der Waals surface area contributed by atoms with Crippen LogP contribution in [0.2, 0.25) is 0 Å². The summed E-state index contributed by atoms with van der Waals surface area (Å²) in [7, 11) is 1.35. The Balaban J connectivity index is 1.66. The zero-order chi connectivity index (χ0) is 24.7. The minimum absolute atomic E-state index is 0.0980. The standard InChI is InChI=1S/C26H32N2O6/c1-16(2)12-13-22(24(29)27-23(15-33-3)25(30)31)28-26(32)34-14-21-19-10-6-4-8-17(19)18-9-5-7-11-20(18)21/h4-11,16,21-23H,12-15H2,1-3H3,(H,27,29)(H,28,32)(H,30,31)/t22?,23-/m0/s1. The number of carboxylic acid groups (broad SMARTS) is 1. The number of amides is 2. The quantitative estimate of drug-likeness (QED) is 0.465. The Kier molecular flexibility index (Phi) is 8.65. The van der Waals surface area contributed by atoms with Gasteiger partial charge in [-0.15, -0.1) is 0 Å². The molecule has 8 heteroatoms. The Morgan fingerprint density at radius 3 is 2.03 bits per heavy atom. The molecule has 1 aliphatic carbocycles. The maximum atomic E-state index is 12.8. The Hall–Kier alpha value is -3.39. The van der Waals surface area contributed by atoms with Gasteiger partial charge in [-0.3, -0.25) is 4.79 Å². The molecule has 3 N–H and O–H groups in total. The molecule has 8 nitrogen and oxygen atoms in total. The van der Waals surface area contributed by atoms with Crippen LogP contribution in [0.3, 0.4) is 0 Å². The van der Waals surface area contributed by atoms with Gasteiger partial charge < -0.3 is 25.2 Å². The highest BCUT2D eigenvalue weighted by Crippen LogP contribution is 2.44. The van der Waals surface area contributed by atoms with E-state index in [-0.39, 0.29) is 19.1 Å². The van der Waals surface area contributed by atoms with Gasteiger partial charge in [-0.2, -0.15) is 0 Å². The second kappa shape index (κ2) is 11.7. The Morgan fingerprint density at radius 2 is 1.50 bits per heavy atom. The van der Waals surface area contributed by atoms with Gasteiger partial charge in [0.15, 0.2) is 6.04 Å². The second-order valence-electron chi connectivity index (χ2n) is 8.85. The number of carbonyl (C=O) groups excluding carboxylic acids is 2. The van der Waals surface area contributed by atoms with Crippen molar-refractivity contribution in [1.82, 2.24) is 10.6 Å². The van der Waals surface area contributed by atoms with Crippen LogP contribution in [0.25, 0.3) is 11.1 Å². The van der Waals surface area contributed by atoms with Crippen LogP contribution in [0.1, 0.15) is 43.7 Å². The lowest BCUT2D eigenvalue weighted by Crippen LogP contribution is -2.53. The summed E-state index contributed by atoms with van der Waals surface area (Å²) < 4.78 is 10.4. The molecule has 0 saturated carbocycles. The number of alkyl carbamates (subject to hydrolysis) is 1. The summed E-state index contributed by atoms with van der Waals surface area (Å²) in [6.45, 7) is 3.96.